The van der Waals surface area contributed by atoms with E-state index in [1.54, 1.807) is 0 Å². The third-order valence-electron chi connectivity index (χ3n) is 5.69. The highest BCUT2D eigenvalue weighted by Crippen LogP contribution is 2.40. The van der Waals surface area contributed by atoms with Gasteiger partial charge in [-0.25, -0.2) is 0 Å². The minimum Gasteiger partial charge on any atom is -0.351 e. The summed E-state index contributed by atoms with van der Waals surface area (Å²) >= 11 is 0. The van der Waals surface area contributed by atoms with Crippen LogP contribution in [0.1, 0.15) is 40.6 Å². The molecule has 1 aliphatic carbocycles. The third-order valence-corrected chi connectivity index (χ3v) is 5.69. The largest absolute Gasteiger partial charge is 0.351 e. The van der Waals surface area contributed by atoms with Crippen molar-refractivity contribution in [1.82, 2.24) is 9.88 Å². The molecular weight excluding hydrogens is 288 g/mol. The van der Waals surface area contributed by atoms with E-state index in [1.165, 1.54) is 0 Å². The summed E-state index contributed by atoms with van der Waals surface area (Å²) in [6.07, 6.45) is 1.50. The summed E-state index contributed by atoms with van der Waals surface area (Å²) in [7, 11) is 2.08. The van der Waals surface area contributed by atoms with E-state index < -0.39 is 0 Å². The number of hydrogen-bond acceptors (Lipinski definition) is 3. The third kappa shape index (κ3) is 2.16. The molecule has 1 fully saturated rings. The summed E-state index contributed by atoms with van der Waals surface area (Å²) in [4.78, 5) is 31.6. The monoisotopic (exact) mass is 310 g/mol. The van der Waals surface area contributed by atoms with E-state index in [1.807, 2.05) is 24.3 Å². The molecule has 0 bridgehead atoms. The molecule has 4 rings (SSSR count). The molecule has 4 nitrogen and oxygen atoms in total. The summed E-state index contributed by atoms with van der Waals surface area (Å²) in [6.45, 7) is 3.90. The Balaban J connectivity index is 1.88. The van der Waals surface area contributed by atoms with Crippen LogP contribution in [0.4, 0.5) is 0 Å². The molecule has 0 amide bonds. The van der Waals surface area contributed by atoms with Gasteiger partial charge in [0.15, 0.2) is 11.6 Å². The van der Waals surface area contributed by atoms with Crippen molar-refractivity contribution in [1.29, 1.82) is 0 Å². The molecule has 1 N–H and O–H groups in total. The number of aromatic nitrogens is 1. The number of aromatic amines is 1. The lowest BCUT2D eigenvalue weighted by atomic mass is 9.73. The van der Waals surface area contributed by atoms with E-state index in [4.69, 9.17) is 0 Å². The summed E-state index contributed by atoms with van der Waals surface area (Å²) in [5.41, 5.74) is 2.04. The van der Waals surface area contributed by atoms with Gasteiger partial charge in [-0.3, -0.25) is 9.59 Å². The predicted molar refractivity (Wildman–Crippen MR) is 89.8 cm³/mol. The van der Waals surface area contributed by atoms with Gasteiger partial charge in [-0.05, 0) is 24.9 Å². The number of nitrogens with zero attached hydrogens (tertiary/aromatic N) is 1. The first-order chi connectivity index (χ1) is 11.1. The Morgan fingerprint density at radius 1 is 1.22 bits per heavy atom. The van der Waals surface area contributed by atoms with E-state index in [-0.39, 0.29) is 23.4 Å². The van der Waals surface area contributed by atoms with E-state index in [9.17, 15) is 9.59 Å². The van der Waals surface area contributed by atoms with Crippen LogP contribution in [-0.2, 0) is 0 Å². The van der Waals surface area contributed by atoms with Gasteiger partial charge in [0.25, 0.3) is 0 Å². The van der Waals surface area contributed by atoms with Crippen molar-refractivity contribution in [3.05, 3.63) is 35.5 Å². The van der Waals surface area contributed by atoms with Crippen molar-refractivity contribution in [3.8, 4) is 0 Å². The molecule has 3 atom stereocenters. The number of hydrogen-bond donors (Lipinski definition) is 1. The second-order valence-electron chi connectivity index (χ2n) is 7.07. The maximum absolute atomic E-state index is 13.3. The lowest BCUT2D eigenvalue weighted by Gasteiger charge is -2.40. The zero-order valence-electron chi connectivity index (χ0n) is 13.6. The molecule has 0 spiro atoms. The number of Topliss-reactive ketones (excluding diaryl/α,β-unsaturated/α-hetero) is 2. The minimum absolute atomic E-state index is 0.0666. The van der Waals surface area contributed by atoms with Crippen LogP contribution in [0.2, 0.25) is 0 Å². The number of piperidine rings is 1. The maximum atomic E-state index is 13.3. The highest BCUT2D eigenvalue weighted by molar-refractivity contribution is 6.18. The number of carbonyl (C=O) groups is 2. The number of carbonyl (C=O) groups excluding carboxylic acids is 2. The lowest BCUT2D eigenvalue weighted by molar-refractivity contribution is 0.0519. The van der Waals surface area contributed by atoms with Crippen molar-refractivity contribution >= 4 is 22.5 Å². The van der Waals surface area contributed by atoms with E-state index >= 15 is 0 Å². The first kappa shape index (κ1) is 14.6. The smallest absolute Gasteiger partial charge is 0.180 e. The van der Waals surface area contributed by atoms with Crippen molar-refractivity contribution < 1.29 is 9.59 Å². The van der Waals surface area contributed by atoms with Crippen LogP contribution >= 0.6 is 0 Å². The van der Waals surface area contributed by atoms with Gasteiger partial charge in [0.1, 0.15) is 0 Å². The highest BCUT2D eigenvalue weighted by atomic mass is 16.1. The standard InChI is InChI=1S/C19H22N2O2/c1-3-11-9-21(2)10-14-13(11)8-16(22)18-17(19(14)23)12-6-4-5-7-15(12)20-18/h4-7,11,13-14,20H,3,8-10H2,1-2H3. The molecule has 0 radical (unpaired) electrons. The van der Waals surface area contributed by atoms with Crippen LogP contribution in [-0.4, -0.2) is 41.6 Å². The fraction of sp³-hybridized carbons (Fsp3) is 0.474. The summed E-state index contributed by atoms with van der Waals surface area (Å²) in [5.74, 6) is 0.777. The van der Waals surface area contributed by atoms with E-state index in [0.717, 1.165) is 30.4 Å². The average Bonchev–Trinajstić information content (AvgIpc) is 2.90. The normalized spacial score (nSPS) is 28.5. The Bertz CT molecular complexity index is 792. The summed E-state index contributed by atoms with van der Waals surface area (Å²) in [5, 5.41) is 0.891. The number of H-pyrrole nitrogens is 1. The Morgan fingerprint density at radius 2 is 2.00 bits per heavy atom. The number of fused-ring (bicyclic) bond motifs is 4. The quantitative estimate of drug-likeness (QED) is 0.880. The number of ketones is 2. The van der Waals surface area contributed by atoms with Crippen LogP contribution in [0.3, 0.4) is 0 Å². The Morgan fingerprint density at radius 3 is 2.78 bits per heavy atom. The first-order valence-electron chi connectivity index (χ1n) is 8.46. The zero-order chi connectivity index (χ0) is 16.1. The number of para-hydroxylation sites is 1. The molecule has 23 heavy (non-hydrogen) atoms. The second-order valence-corrected chi connectivity index (χ2v) is 7.07. The molecule has 0 saturated carbocycles. The second kappa shape index (κ2) is 5.31. The molecule has 1 aliphatic heterocycles. The molecule has 2 aromatic rings. The van der Waals surface area contributed by atoms with Gasteiger partial charge >= 0.3 is 0 Å². The van der Waals surface area contributed by atoms with Crippen LogP contribution in [0.5, 0.6) is 0 Å². The van der Waals surface area contributed by atoms with Crippen LogP contribution < -0.4 is 0 Å². The van der Waals surface area contributed by atoms with Gasteiger partial charge in [-0.1, -0.05) is 31.5 Å². The van der Waals surface area contributed by atoms with Gasteiger partial charge in [-0.2, -0.15) is 0 Å². The van der Waals surface area contributed by atoms with Crippen LogP contribution in [0.25, 0.3) is 10.9 Å². The fourth-order valence-electron chi connectivity index (χ4n) is 4.54. The average molecular weight is 310 g/mol. The molecule has 120 valence electrons. The predicted octanol–water partition coefficient (Wildman–Crippen LogP) is 3.14. The Hall–Kier alpha value is -1.94. The van der Waals surface area contributed by atoms with Crippen molar-refractivity contribution in [2.24, 2.45) is 17.8 Å². The van der Waals surface area contributed by atoms with Crippen molar-refractivity contribution in [2.75, 3.05) is 20.1 Å². The highest BCUT2D eigenvalue weighted by Gasteiger charge is 2.44. The minimum atomic E-state index is -0.0666. The summed E-state index contributed by atoms with van der Waals surface area (Å²) in [6, 6.07) is 7.74. The SMILES string of the molecule is CCC1CN(C)CC2C(=O)c3c([nH]c4ccccc34)C(=O)CC12. The molecule has 3 unspecified atom stereocenters. The lowest BCUT2D eigenvalue weighted by Crippen LogP contribution is -2.47. The van der Waals surface area contributed by atoms with Crippen molar-refractivity contribution in [3.63, 3.8) is 0 Å². The van der Waals surface area contributed by atoms with E-state index in [0.29, 0.717) is 23.6 Å². The van der Waals surface area contributed by atoms with Gasteiger partial charge in [0.2, 0.25) is 0 Å². The molecule has 1 saturated heterocycles. The summed E-state index contributed by atoms with van der Waals surface area (Å²) < 4.78 is 0. The van der Waals surface area contributed by atoms with Gasteiger partial charge in [-0.15, -0.1) is 0 Å². The van der Waals surface area contributed by atoms with E-state index in [2.05, 4.69) is 23.9 Å². The number of benzene rings is 1. The molecule has 2 heterocycles. The number of rotatable bonds is 1. The fourth-order valence-corrected chi connectivity index (χ4v) is 4.54. The molecular formula is C19H22N2O2. The first-order valence-corrected chi connectivity index (χ1v) is 8.46. The molecule has 1 aromatic carbocycles. The van der Waals surface area contributed by atoms with Crippen LogP contribution in [0, 0.1) is 17.8 Å². The molecule has 2 aliphatic rings. The van der Waals surface area contributed by atoms with Crippen molar-refractivity contribution in [2.45, 2.75) is 19.8 Å². The zero-order valence-corrected chi connectivity index (χ0v) is 13.6. The van der Waals surface area contributed by atoms with Gasteiger partial charge in [0, 0.05) is 36.3 Å². The van der Waals surface area contributed by atoms with Gasteiger partial charge < -0.3 is 9.88 Å². The maximum Gasteiger partial charge on any atom is 0.180 e. The Labute approximate surface area is 135 Å². The topological polar surface area (TPSA) is 53.2 Å². The number of nitrogens with one attached hydrogen (secondary N) is 1. The van der Waals surface area contributed by atoms with Gasteiger partial charge in [0.05, 0.1) is 11.3 Å². The Kier molecular flexibility index (Phi) is 3.38. The molecule has 1 aromatic heterocycles. The van der Waals surface area contributed by atoms with Crippen LogP contribution in [0.15, 0.2) is 24.3 Å². The number of likely N-dealkylation sites (tertiary alicyclic amines) is 1. The molecule has 4 heteroatoms.